The molecule has 0 atom stereocenters. The van der Waals surface area contributed by atoms with Gasteiger partial charge < -0.3 is 9.80 Å². The van der Waals surface area contributed by atoms with E-state index in [1.807, 2.05) is 23.5 Å². The van der Waals surface area contributed by atoms with Crippen molar-refractivity contribution in [3.8, 4) is 0 Å². The predicted octanol–water partition coefficient (Wildman–Crippen LogP) is 6.33. The lowest BCUT2D eigenvalue weighted by molar-refractivity contribution is 0.410. The Kier molecular flexibility index (Phi) is 5.14. The summed E-state index contributed by atoms with van der Waals surface area (Å²) in [5, 5.41) is 7.20. The van der Waals surface area contributed by atoms with Gasteiger partial charge in [0.1, 0.15) is 10.1 Å². The SMILES string of the molecule is CC1=CS/C(=C2/SC=C(C)N2Cc2ccccc2)N1Cc1ccccc1. The molecule has 0 radical (unpaired) electrons. The summed E-state index contributed by atoms with van der Waals surface area (Å²) < 4.78 is 0. The standard InChI is InChI=1S/C22H22N2S2/c1-17-15-25-21(23(17)13-19-9-5-3-6-10-19)22-24(18(2)16-26-22)14-20-11-7-4-8-12-20/h3-12,15-16H,13-14H2,1-2H3/b22-21+. The second-order valence-electron chi connectivity index (χ2n) is 6.51. The Morgan fingerprint density at radius 1 is 0.615 bits per heavy atom. The van der Waals surface area contributed by atoms with Crippen LogP contribution in [0.25, 0.3) is 0 Å². The maximum atomic E-state index is 2.44. The van der Waals surface area contributed by atoms with Crippen molar-refractivity contribution >= 4 is 23.5 Å². The van der Waals surface area contributed by atoms with Crippen molar-refractivity contribution in [2.24, 2.45) is 0 Å². The van der Waals surface area contributed by atoms with Gasteiger partial charge in [0.25, 0.3) is 0 Å². The van der Waals surface area contributed by atoms with Crippen molar-refractivity contribution in [1.82, 2.24) is 9.80 Å². The van der Waals surface area contributed by atoms with Gasteiger partial charge >= 0.3 is 0 Å². The normalized spacial score (nSPS) is 19.8. The largest absolute Gasteiger partial charge is 0.333 e. The minimum Gasteiger partial charge on any atom is -0.333 e. The lowest BCUT2D eigenvalue weighted by Crippen LogP contribution is -2.22. The van der Waals surface area contributed by atoms with Gasteiger partial charge in [0.15, 0.2) is 0 Å². The highest BCUT2D eigenvalue weighted by molar-refractivity contribution is 8.09. The van der Waals surface area contributed by atoms with Gasteiger partial charge in [-0.15, -0.1) is 0 Å². The lowest BCUT2D eigenvalue weighted by atomic mass is 10.2. The first-order valence-electron chi connectivity index (χ1n) is 8.76. The zero-order valence-corrected chi connectivity index (χ0v) is 16.7. The molecule has 2 aliphatic rings. The van der Waals surface area contributed by atoms with Crippen LogP contribution in [0.15, 0.2) is 92.9 Å². The molecule has 0 spiro atoms. The molecule has 2 aromatic rings. The molecule has 0 unspecified atom stereocenters. The molecule has 0 saturated carbocycles. The number of thioether (sulfide) groups is 2. The third-order valence-electron chi connectivity index (χ3n) is 4.57. The van der Waals surface area contributed by atoms with Crippen LogP contribution in [0.2, 0.25) is 0 Å². The molecular formula is C22H22N2S2. The van der Waals surface area contributed by atoms with E-state index in [0.29, 0.717) is 0 Å². The molecule has 132 valence electrons. The zero-order valence-electron chi connectivity index (χ0n) is 15.1. The molecule has 4 rings (SSSR count). The average molecular weight is 379 g/mol. The molecule has 0 aromatic heterocycles. The fraction of sp³-hybridized carbons (Fsp3) is 0.182. The van der Waals surface area contributed by atoms with E-state index in [1.54, 1.807) is 0 Å². The number of allylic oxidation sites excluding steroid dienone is 2. The molecule has 0 amide bonds. The first kappa shape index (κ1) is 17.4. The van der Waals surface area contributed by atoms with Crippen LogP contribution in [0.4, 0.5) is 0 Å². The zero-order chi connectivity index (χ0) is 17.9. The van der Waals surface area contributed by atoms with Crippen molar-refractivity contribution in [1.29, 1.82) is 0 Å². The predicted molar refractivity (Wildman–Crippen MR) is 114 cm³/mol. The molecule has 26 heavy (non-hydrogen) atoms. The van der Waals surface area contributed by atoms with E-state index in [0.717, 1.165) is 13.1 Å². The number of rotatable bonds is 4. The molecule has 0 bridgehead atoms. The molecule has 2 aliphatic heterocycles. The molecule has 2 aromatic carbocycles. The lowest BCUT2D eigenvalue weighted by Gasteiger charge is -2.28. The Balaban J connectivity index is 1.63. The Morgan fingerprint density at radius 3 is 1.38 bits per heavy atom. The second kappa shape index (κ2) is 7.68. The summed E-state index contributed by atoms with van der Waals surface area (Å²) in [4.78, 5) is 4.87. The molecule has 0 aliphatic carbocycles. The quantitative estimate of drug-likeness (QED) is 0.612. The first-order chi connectivity index (χ1) is 12.7. The maximum absolute atomic E-state index is 2.44. The molecule has 0 saturated heterocycles. The fourth-order valence-corrected chi connectivity index (χ4v) is 5.31. The summed E-state index contributed by atoms with van der Waals surface area (Å²) in [7, 11) is 0. The number of benzene rings is 2. The molecular weight excluding hydrogens is 356 g/mol. The highest BCUT2D eigenvalue weighted by atomic mass is 32.2. The third-order valence-corrected chi connectivity index (χ3v) is 6.90. The Labute approximate surface area is 164 Å². The monoisotopic (exact) mass is 378 g/mol. The molecule has 0 fully saturated rings. The van der Waals surface area contributed by atoms with Gasteiger partial charge in [0, 0.05) is 24.5 Å². The van der Waals surface area contributed by atoms with E-state index in [4.69, 9.17) is 0 Å². The summed E-state index contributed by atoms with van der Waals surface area (Å²) >= 11 is 3.68. The second-order valence-corrected chi connectivity index (χ2v) is 8.22. The van der Waals surface area contributed by atoms with E-state index in [9.17, 15) is 0 Å². The van der Waals surface area contributed by atoms with Crippen LogP contribution in [0.5, 0.6) is 0 Å². The Morgan fingerprint density at radius 2 is 1.00 bits per heavy atom. The molecule has 2 heterocycles. The minimum atomic E-state index is 0.911. The van der Waals surface area contributed by atoms with Gasteiger partial charge in [-0.05, 0) is 35.8 Å². The van der Waals surface area contributed by atoms with Crippen LogP contribution in [-0.4, -0.2) is 9.80 Å². The summed E-state index contributed by atoms with van der Waals surface area (Å²) in [5.74, 6) is 0. The van der Waals surface area contributed by atoms with Crippen molar-refractivity contribution < 1.29 is 0 Å². The van der Waals surface area contributed by atoms with Crippen LogP contribution in [0.1, 0.15) is 25.0 Å². The third kappa shape index (κ3) is 3.57. The minimum absolute atomic E-state index is 0.911. The van der Waals surface area contributed by atoms with Gasteiger partial charge in [-0.2, -0.15) is 0 Å². The number of nitrogens with zero attached hydrogens (tertiary/aromatic N) is 2. The topological polar surface area (TPSA) is 6.48 Å². The van der Waals surface area contributed by atoms with E-state index in [1.165, 1.54) is 32.6 Å². The maximum Gasteiger partial charge on any atom is 0.111 e. The summed E-state index contributed by atoms with van der Waals surface area (Å²) in [6.07, 6.45) is 0. The molecule has 2 nitrogen and oxygen atoms in total. The number of hydrogen-bond acceptors (Lipinski definition) is 4. The van der Waals surface area contributed by atoms with Gasteiger partial charge in [0.2, 0.25) is 0 Å². The van der Waals surface area contributed by atoms with E-state index >= 15 is 0 Å². The van der Waals surface area contributed by atoms with Crippen molar-refractivity contribution in [2.75, 3.05) is 0 Å². The average Bonchev–Trinajstić information content (AvgIpc) is 3.20. The van der Waals surface area contributed by atoms with Crippen molar-refractivity contribution in [2.45, 2.75) is 26.9 Å². The van der Waals surface area contributed by atoms with Gasteiger partial charge in [-0.3, -0.25) is 0 Å². The van der Waals surface area contributed by atoms with Gasteiger partial charge in [-0.25, -0.2) is 0 Å². The summed E-state index contributed by atoms with van der Waals surface area (Å²) in [6.45, 7) is 6.22. The molecule has 4 heteroatoms. The Hall–Kier alpha value is -2.04. The fourth-order valence-electron chi connectivity index (χ4n) is 3.11. The van der Waals surface area contributed by atoms with Crippen LogP contribution in [0.3, 0.4) is 0 Å². The highest BCUT2D eigenvalue weighted by Crippen LogP contribution is 2.46. The van der Waals surface area contributed by atoms with Crippen LogP contribution in [0, 0.1) is 0 Å². The number of hydrogen-bond donors (Lipinski definition) is 0. The Bertz CT molecular complexity index is 796. The van der Waals surface area contributed by atoms with Crippen LogP contribution in [-0.2, 0) is 13.1 Å². The first-order valence-corrected chi connectivity index (χ1v) is 10.5. The highest BCUT2D eigenvalue weighted by Gasteiger charge is 2.29. The van der Waals surface area contributed by atoms with E-state index < -0.39 is 0 Å². The van der Waals surface area contributed by atoms with E-state index in [2.05, 4.69) is 95.1 Å². The van der Waals surface area contributed by atoms with E-state index in [-0.39, 0.29) is 0 Å². The van der Waals surface area contributed by atoms with Gasteiger partial charge in [-0.1, -0.05) is 84.2 Å². The summed E-state index contributed by atoms with van der Waals surface area (Å²) in [6, 6.07) is 21.4. The van der Waals surface area contributed by atoms with Crippen LogP contribution < -0.4 is 0 Å². The summed E-state index contributed by atoms with van der Waals surface area (Å²) in [5.41, 5.74) is 5.30. The smallest absolute Gasteiger partial charge is 0.111 e. The van der Waals surface area contributed by atoms with Crippen LogP contribution >= 0.6 is 23.5 Å². The van der Waals surface area contributed by atoms with Crippen molar-refractivity contribution in [3.63, 3.8) is 0 Å². The van der Waals surface area contributed by atoms with Crippen molar-refractivity contribution in [3.05, 3.63) is 104 Å². The molecule has 0 N–H and O–H groups in total. The van der Waals surface area contributed by atoms with Gasteiger partial charge in [0.05, 0.1) is 0 Å².